The molecule has 0 saturated carbocycles. The first-order chi connectivity index (χ1) is 15.5. The summed E-state index contributed by atoms with van der Waals surface area (Å²) in [4.78, 5) is 18.8. The summed E-state index contributed by atoms with van der Waals surface area (Å²) in [6.45, 7) is 0.497. The second kappa shape index (κ2) is 8.79. The molecule has 0 aliphatic carbocycles. The lowest BCUT2D eigenvalue weighted by molar-refractivity contribution is 0.000598. The van der Waals surface area contributed by atoms with Crippen molar-refractivity contribution >= 4 is 47.1 Å². The molecule has 0 bridgehead atoms. The fraction of sp³-hybridized carbons (Fsp3) is 0.364. The number of benzene rings is 2. The average Bonchev–Trinajstić information content (AvgIpc) is 3.21. The summed E-state index contributed by atoms with van der Waals surface area (Å²) in [7, 11) is -6.95. The second-order valence-corrected chi connectivity index (χ2v) is 13.5. The third kappa shape index (κ3) is 5.43. The zero-order valence-corrected chi connectivity index (χ0v) is 20.4. The number of sulfone groups is 2. The highest BCUT2D eigenvalue weighted by molar-refractivity contribution is 7.91. The van der Waals surface area contributed by atoms with Gasteiger partial charge in [-0.05, 0) is 42.7 Å². The van der Waals surface area contributed by atoms with Gasteiger partial charge in [0.15, 0.2) is 9.84 Å². The smallest absolute Gasteiger partial charge is 0.253 e. The van der Waals surface area contributed by atoms with Crippen molar-refractivity contribution in [1.29, 1.82) is 0 Å². The lowest BCUT2D eigenvalue weighted by Crippen LogP contribution is -2.49. The van der Waals surface area contributed by atoms with Crippen LogP contribution >= 0.6 is 11.3 Å². The predicted molar refractivity (Wildman–Crippen MR) is 127 cm³/mol. The van der Waals surface area contributed by atoms with Crippen LogP contribution in [-0.2, 0) is 25.4 Å². The van der Waals surface area contributed by atoms with Crippen LogP contribution in [0.1, 0.15) is 28.8 Å². The molecule has 1 amide bonds. The Bertz CT molecular complexity index is 1390. The molecule has 1 N–H and O–H groups in total. The van der Waals surface area contributed by atoms with E-state index in [0.29, 0.717) is 16.6 Å². The summed E-state index contributed by atoms with van der Waals surface area (Å²) in [6.07, 6.45) is 1.45. The minimum atomic E-state index is -3.62. The molecule has 11 heteroatoms. The van der Waals surface area contributed by atoms with Crippen LogP contribution in [0.2, 0.25) is 0 Å². The van der Waals surface area contributed by atoms with E-state index in [2.05, 4.69) is 4.98 Å². The van der Waals surface area contributed by atoms with Crippen LogP contribution < -0.4 is 0 Å². The first-order valence-electron chi connectivity index (χ1n) is 10.3. The molecule has 1 saturated heterocycles. The number of hydrogen-bond donors (Lipinski definition) is 1. The molecule has 4 rings (SSSR count). The van der Waals surface area contributed by atoms with E-state index in [1.54, 1.807) is 46.8 Å². The number of carbonyl (C=O) groups excluding carboxylic acids is 1. The summed E-state index contributed by atoms with van der Waals surface area (Å²) < 4.78 is 49.8. The number of hydrogen-bond acceptors (Lipinski definition) is 8. The van der Waals surface area contributed by atoms with Crippen LogP contribution in [0, 0.1) is 0 Å². The van der Waals surface area contributed by atoms with Crippen molar-refractivity contribution in [3.63, 3.8) is 0 Å². The molecule has 3 aromatic rings. The molecule has 1 fully saturated rings. The maximum absolute atomic E-state index is 13.0. The van der Waals surface area contributed by atoms with Crippen molar-refractivity contribution in [2.24, 2.45) is 0 Å². The van der Waals surface area contributed by atoms with E-state index in [4.69, 9.17) is 0 Å². The van der Waals surface area contributed by atoms with Gasteiger partial charge >= 0.3 is 0 Å². The maximum atomic E-state index is 13.0. The highest BCUT2D eigenvalue weighted by Gasteiger charge is 2.36. The van der Waals surface area contributed by atoms with Crippen molar-refractivity contribution in [2.45, 2.75) is 29.1 Å². The van der Waals surface area contributed by atoms with E-state index in [1.165, 1.54) is 11.3 Å². The van der Waals surface area contributed by atoms with Crippen LogP contribution in [0.15, 0.2) is 52.9 Å². The van der Waals surface area contributed by atoms with Crippen molar-refractivity contribution in [3.05, 3.63) is 59.1 Å². The van der Waals surface area contributed by atoms with Gasteiger partial charge in [-0.2, -0.15) is 0 Å². The van der Waals surface area contributed by atoms with E-state index in [1.807, 2.05) is 6.07 Å². The average molecular weight is 509 g/mol. The molecular weight excluding hydrogens is 484 g/mol. The number of amides is 1. The van der Waals surface area contributed by atoms with Crippen molar-refractivity contribution in [1.82, 2.24) is 9.88 Å². The molecular formula is C22H24N2O6S3. The first kappa shape index (κ1) is 23.8. The van der Waals surface area contributed by atoms with E-state index in [-0.39, 0.29) is 48.2 Å². The fourth-order valence-corrected chi connectivity index (χ4v) is 7.66. The van der Waals surface area contributed by atoms with Crippen molar-refractivity contribution < 1.29 is 26.7 Å². The van der Waals surface area contributed by atoms with Gasteiger partial charge in [-0.25, -0.2) is 21.8 Å². The number of fused-ring (bicyclic) bond motifs is 1. The minimum absolute atomic E-state index is 0.185. The Balaban J connectivity index is 1.43. The summed E-state index contributed by atoms with van der Waals surface area (Å²) in [5.74, 6) is -0.766. The first-order valence-corrected chi connectivity index (χ1v) is 14.9. The molecule has 1 aliphatic heterocycles. The summed E-state index contributed by atoms with van der Waals surface area (Å²) >= 11 is 1.38. The Morgan fingerprint density at radius 3 is 2.39 bits per heavy atom. The summed E-state index contributed by atoms with van der Waals surface area (Å²) in [5.41, 5.74) is 1.73. The molecule has 0 atom stereocenters. The number of rotatable bonds is 6. The van der Waals surface area contributed by atoms with Gasteiger partial charge < -0.3 is 10.0 Å². The standard InChI is InChI=1S/C22H24N2O6S3/c1-32(27,28)14-22(26)9-11-24(12-10-22)21(25)17-7-5-16(6-8-17)13-33(29,30)19-4-2-3-18-20(19)23-15-31-18/h2-8,15,26H,9-14H2,1H3. The highest BCUT2D eigenvalue weighted by atomic mass is 32.2. The second-order valence-electron chi connectivity index (χ2n) is 8.50. The number of aliphatic hydroxyl groups is 1. The number of nitrogens with zero attached hydrogens (tertiary/aromatic N) is 2. The fourth-order valence-electron chi connectivity index (χ4n) is 4.09. The van der Waals surface area contributed by atoms with Crippen LogP contribution in [0.5, 0.6) is 0 Å². The normalized spacial score (nSPS) is 16.7. The minimum Gasteiger partial charge on any atom is -0.389 e. The van der Waals surface area contributed by atoms with Crippen LogP contribution in [0.25, 0.3) is 10.2 Å². The van der Waals surface area contributed by atoms with Gasteiger partial charge in [0.05, 0.1) is 37.7 Å². The molecule has 8 nitrogen and oxygen atoms in total. The Labute approximate surface area is 196 Å². The van der Waals surface area contributed by atoms with Gasteiger partial charge in [-0.3, -0.25) is 4.79 Å². The molecule has 2 heterocycles. The Hall–Kier alpha value is -2.34. The maximum Gasteiger partial charge on any atom is 0.253 e. The van der Waals surface area contributed by atoms with Gasteiger partial charge in [0.2, 0.25) is 0 Å². The van der Waals surface area contributed by atoms with E-state index >= 15 is 0 Å². The van der Waals surface area contributed by atoms with Crippen LogP contribution in [0.4, 0.5) is 0 Å². The van der Waals surface area contributed by atoms with Crippen molar-refractivity contribution in [2.75, 3.05) is 25.1 Å². The van der Waals surface area contributed by atoms with Gasteiger partial charge in [-0.15, -0.1) is 11.3 Å². The molecule has 0 spiro atoms. The number of thiazole rings is 1. The quantitative estimate of drug-likeness (QED) is 0.542. The topological polar surface area (TPSA) is 122 Å². The molecule has 1 aromatic heterocycles. The van der Waals surface area contributed by atoms with Gasteiger partial charge in [0.25, 0.3) is 5.91 Å². The SMILES string of the molecule is CS(=O)(=O)CC1(O)CCN(C(=O)c2ccc(CS(=O)(=O)c3cccc4scnc34)cc2)CC1. The third-order valence-corrected chi connectivity index (χ3v) is 9.30. The largest absolute Gasteiger partial charge is 0.389 e. The number of likely N-dealkylation sites (tertiary alicyclic amines) is 1. The Kier molecular flexibility index (Phi) is 6.34. The van der Waals surface area contributed by atoms with Crippen molar-refractivity contribution in [3.8, 4) is 0 Å². The van der Waals surface area contributed by atoms with E-state index in [9.17, 15) is 26.7 Å². The summed E-state index contributed by atoms with van der Waals surface area (Å²) in [6, 6.07) is 11.5. The molecule has 0 radical (unpaired) electrons. The zero-order valence-electron chi connectivity index (χ0n) is 18.0. The molecule has 176 valence electrons. The number of para-hydroxylation sites is 1. The predicted octanol–water partition coefficient (Wildman–Crippen LogP) is 2.28. The van der Waals surface area contributed by atoms with Gasteiger partial charge in [-0.1, -0.05) is 18.2 Å². The lowest BCUT2D eigenvalue weighted by Gasteiger charge is -2.37. The summed E-state index contributed by atoms with van der Waals surface area (Å²) in [5, 5.41) is 10.5. The molecule has 1 aliphatic rings. The zero-order chi connectivity index (χ0) is 23.9. The molecule has 0 unspecified atom stereocenters. The van der Waals surface area contributed by atoms with Crippen LogP contribution in [0.3, 0.4) is 0 Å². The molecule has 2 aromatic carbocycles. The highest BCUT2D eigenvalue weighted by Crippen LogP contribution is 2.28. The Morgan fingerprint density at radius 1 is 1.09 bits per heavy atom. The number of aromatic nitrogens is 1. The monoisotopic (exact) mass is 508 g/mol. The van der Waals surface area contributed by atoms with Gasteiger partial charge in [0.1, 0.15) is 9.84 Å². The molecule has 33 heavy (non-hydrogen) atoms. The van der Waals surface area contributed by atoms with Crippen LogP contribution in [-0.4, -0.2) is 68.4 Å². The van der Waals surface area contributed by atoms with Gasteiger partial charge in [0, 0.05) is 24.9 Å². The lowest BCUT2D eigenvalue weighted by atomic mass is 9.93. The third-order valence-electron chi connectivity index (χ3n) is 5.73. The van der Waals surface area contributed by atoms with E-state index < -0.39 is 25.3 Å². The number of piperidine rings is 1. The Morgan fingerprint density at radius 2 is 1.76 bits per heavy atom. The van der Waals surface area contributed by atoms with E-state index in [0.717, 1.165) is 11.0 Å². The number of carbonyl (C=O) groups is 1.